The number of aryl methyl sites for hydroxylation is 4. The summed E-state index contributed by atoms with van der Waals surface area (Å²) in [4.78, 5) is 30.5. The number of nitrogens with two attached hydrogens (primary N) is 1. The maximum atomic E-state index is 13.4. The Hall–Kier alpha value is -3.79. The lowest BCUT2D eigenvalue weighted by atomic mass is 9.76. The second kappa shape index (κ2) is 12.4. The van der Waals surface area contributed by atoms with Crippen molar-refractivity contribution in [3.8, 4) is 10.9 Å². The number of rotatable bonds is 10. The zero-order valence-electron chi connectivity index (χ0n) is 23.9. The van der Waals surface area contributed by atoms with Gasteiger partial charge in [0.15, 0.2) is 0 Å². The number of esters is 1. The number of hydrogen-bond donors (Lipinski definition) is 2. The number of aliphatic hydroxyl groups is 1. The van der Waals surface area contributed by atoms with E-state index in [1.807, 2.05) is 31.4 Å². The van der Waals surface area contributed by atoms with Gasteiger partial charge in [-0.1, -0.05) is 43.2 Å². The van der Waals surface area contributed by atoms with E-state index in [1.54, 1.807) is 6.20 Å². The molecule has 2 aromatic heterocycles. The topological polar surface area (TPSA) is 133 Å². The van der Waals surface area contributed by atoms with Gasteiger partial charge in [0.25, 0.3) is 11.1 Å². The van der Waals surface area contributed by atoms with Crippen LogP contribution in [0.25, 0.3) is 0 Å². The highest BCUT2D eigenvalue weighted by Crippen LogP contribution is 2.46. The maximum absolute atomic E-state index is 13.4. The van der Waals surface area contributed by atoms with Crippen molar-refractivity contribution in [2.45, 2.75) is 84.2 Å². The molecule has 1 saturated carbocycles. The van der Waals surface area contributed by atoms with Gasteiger partial charge in [0, 0.05) is 35.8 Å². The highest BCUT2D eigenvalue weighted by atomic mass is 32.1. The van der Waals surface area contributed by atoms with E-state index in [2.05, 4.69) is 39.0 Å². The van der Waals surface area contributed by atoms with Crippen LogP contribution >= 0.6 is 11.3 Å². The number of benzene rings is 1. The number of hydrogen-bond acceptors (Lipinski definition) is 9. The first-order valence-electron chi connectivity index (χ1n) is 14.2. The zero-order chi connectivity index (χ0) is 29.0. The van der Waals surface area contributed by atoms with Crippen molar-refractivity contribution in [1.82, 2.24) is 15.0 Å². The minimum absolute atomic E-state index is 0.0256. The average Bonchev–Trinajstić information content (AvgIpc) is 3.65. The van der Waals surface area contributed by atoms with Crippen LogP contribution < -0.4 is 10.5 Å². The molecule has 3 aromatic rings. The number of carbonyl (C=O) groups is 1. The Kier molecular flexibility index (Phi) is 8.68. The second-order valence-corrected chi connectivity index (χ2v) is 11.8. The van der Waals surface area contributed by atoms with Crippen LogP contribution in [0.1, 0.15) is 74.4 Å². The van der Waals surface area contributed by atoms with Crippen molar-refractivity contribution in [2.75, 3.05) is 0 Å². The maximum Gasteiger partial charge on any atom is 0.338 e. The van der Waals surface area contributed by atoms with Crippen molar-refractivity contribution < 1.29 is 19.4 Å². The molecule has 3 N–H and O–H groups in total. The largest absolute Gasteiger partial charge is 0.512 e. The fourth-order valence-electron chi connectivity index (χ4n) is 5.97. The van der Waals surface area contributed by atoms with Crippen LogP contribution in [-0.2, 0) is 22.4 Å². The first kappa shape index (κ1) is 28.7. The van der Waals surface area contributed by atoms with E-state index >= 15 is 0 Å². The summed E-state index contributed by atoms with van der Waals surface area (Å²) in [6, 6.07) is 8.05. The lowest BCUT2D eigenvalue weighted by Crippen LogP contribution is -2.46. The van der Waals surface area contributed by atoms with E-state index in [1.165, 1.54) is 11.3 Å². The minimum Gasteiger partial charge on any atom is -0.512 e. The standard InChI is InChI=1S/C31H37N5O4S/c1-4-22-16-21(9-10-26(22)39-30-33-13-14-41-30)11-12-31(23-7-5-6-8-23)18-25(37)24(28(38)40-31)17-27(32)36-29-34-19(2)15-20(3)35-29/h9-10,13-16,23,37H,4-8,11-12,17-18H2,1-3H3,(H2,32,34,35,36). The highest BCUT2D eigenvalue weighted by molar-refractivity contribution is 7.11. The van der Waals surface area contributed by atoms with Crippen molar-refractivity contribution >= 4 is 29.1 Å². The number of thiazole rings is 1. The van der Waals surface area contributed by atoms with Gasteiger partial charge in [-0.25, -0.2) is 19.7 Å². The summed E-state index contributed by atoms with van der Waals surface area (Å²) in [6.07, 6.45) is 8.28. The third-order valence-corrected chi connectivity index (χ3v) is 8.63. The third-order valence-electron chi connectivity index (χ3n) is 7.98. The van der Waals surface area contributed by atoms with E-state index in [0.717, 1.165) is 60.4 Å². The summed E-state index contributed by atoms with van der Waals surface area (Å²) >= 11 is 1.46. The highest BCUT2D eigenvalue weighted by Gasteiger charge is 2.48. The second-order valence-electron chi connectivity index (χ2n) is 11.0. The molecule has 216 valence electrons. The smallest absolute Gasteiger partial charge is 0.338 e. The molecule has 3 heterocycles. The molecule has 1 aromatic carbocycles. The molecule has 0 spiro atoms. The summed E-state index contributed by atoms with van der Waals surface area (Å²) in [7, 11) is 0. The Balaban J connectivity index is 1.34. The zero-order valence-corrected chi connectivity index (χ0v) is 24.7. The molecule has 0 saturated heterocycles. The Morgan fingerprint density at radius 3 is 2.63 bits per heavy atom. The number of aromatic nitrogens is 3. The van der Waals surface area contributed by atoms with E-state index in [0.29, 0.717) is 18.0 Å². The summed E-state index contributed by atoms with van der Waals surface area (Å²) in [6.45, 7) is 5.81. The predicted octanol–water partition coefficient (Wildman–Crippen LogP) is 6.60. The molecule has 2 aliphatic rings. The molecule has 1 aliphatic carbocycles. The molecule has 9 nitrogen and oxygen atoms in total. The molecule has 0 bridgehead atoms. The molecule has 0 amide bonds. The number of ether oxygens (including phenoxy) is 2. The van der Waals surface area contributed by atoms with Crippen LogP contribution in [0.15, 0.2) is 52.2 Å². The van der Waals surface area contributed by atoms with Crippen LogP contribution in [-0.4, -0.2) is 37.5 Å². The van der Waals surface area contributed by atoms with E-state index in [9.17, 15) is 9.90 Å². The summed E-state index contributed by atoms with van der Waals surface area (Å²) in [5.41, 5.74) is 9.36. The van der Waals surface area contributed by atoms with Gasteiger partial charge in [-0.05, 0) is 75.1 Å². The molecule has 1 aliphatic heterocycles. The molecule has 1 fully saturated rings. The van der Waals surface area contributed by atoms with Crippen LogP contribution in [0.3, 0.4) is 0 Å². The normalized spacial score (nSPS) is 20.0. The number of amidine groups is 1. The van der Waals surface area contributed by atoms with E-state index < -0.39 is 11.6 Å². The Labute approximate surface area is 244 Å². The van der Waals surface area contributed by atoms with Gasteiger partial charge in [-0.15, -0.1) is 0 Å². The predicted molar refractivity (Wildman–Crippen MR) is 159 cm³/mol. The number of cyclic esters (lactones) is 1. The number of carbonyl (C=O) groups excluding carboxylic acids is 1. The van der Waals surface area contributed by atoms with Gasteiger partial charge in [0.1, 0.15) is 22.9 Å². The molecule has 5 rings (SSSR count). The van der Waals surface area contributed by atoms with E-state index in [-0.39, 0.29) is 41.9 Å². The fraction of sp³-hybridized carbons (Fsp3) is 0.452. The Morgan fingerprint density at radius 1 is 1.22 bits per heavy atom. The SMILES string of the molecule is CCc1cc(CCC2(C3CCCC3)CC(O)=C(CC(N)=Nc3nc(C)cc(C)n3)C(=O)O2)ccc1Oc1nccs1. The Bertz CT molecular complexity index is 1440. The molecular formula is C31H37N5O4S. The van der Waals surface area contributed by atoms with E-state index in [4.69, 9.17) is 15.2 Å². The van der Waals surface area contributed by atoms with Gasteiger partial charge >= 0.3 is 5.97 Å². The Morgan fingerprint density at radius 2 is 1.98 bits per heavy atom. The quantitative estimate of drug-likeness (QED) is 0.157. The van der Waals surface area contributed by atoms with Crippen molar-refractivity contribution in [2.24, 2.45) is 16.6 Å². The lowest BCUT2D eigenvalue weighted by Gasteiger charge is -2.42. The third kappa shape index (κ3) is 6.75. The molecule has 1 unspecified atom stereocenters. The van der Waals surface area contributed by atoms with Gasteiger partial charge in [0.05, 0.1) is 5.57 Å². The van der Waals surface area contributed by atoms with Crippen molar-refractivity contribution in [3.05, 3.63) is 69.7 Å². The average molecular weight is 576 g/mol. The molecule has 0 radical (unpaired) electrons. The van der Waals surface area contributed by atoms with Gasteiger partial charge in [-0.2, -0.15) is 4.99 Å². The van der Waals surface area contributed by atoms with Crippen molar-refractivity contribution in [1.29, 1.82) is 0 Å². The molecule has 1 atom stereocenters. The minimum atomic E-state index is -0.758. The van der Waals surface area contributed by atoms with Gasteiger partial charge < -0.3 is 20.3 Å². The number of nitrogens with zero attached hydrogens (tertiary/aromatic N) is 4. The van der Waals surface area contributed by atoms with Crippen LogP contribution in [0.5, 0.6) is 10.9 Å². The summed E-state index contributed by atoms with van der Waals surface area (Å²) in [5.74, 6) is 0.892. The number of aliphatic imine (C=N–C) groups is 1. The van der Waals surface area contributed by atoms with Gasteiger partial charge in [-0.3, -0.25) is 0 Å². The summed E-state index contributed by atoms with van der Waals surface area (Å²) < 4.78 is 12.3. The van der Waals surface area contributed by atoms with Gasteiger partial charge in [0.2, 0.25) is 0 Å². The van der Waals surface area contributed by atoms with Crippen LogP contribution in [0.4, 0.5) is 5.95 Å². The first-order valence-corrected chi connectivity index (χ1v) is 15.1. The molecular weight excluding hydrogens is 538 g/mol. The van der Waals surface area contributed by atoms with Crippen LogP contribution in [0, 0.1) is 19.8 Å². The summed E-state index contributed by atoms with van der Waals surface area (Å²) in [5, 5.41) is 13.7. The fourth-order valence-corrected chi connectivity index (χ4v) is 6.47. The lowest BCUT2D eigenvalue weighted by molar-refractivity contribution is -0.167. The monoisotopic (exact) mass is 575 g/mol. The first-order chi connectivity index (χ1) is 19.7. The van der Waals surface area contributed by atoms with Crippen molar-refractivity contribution in [3.63, 3.8) is 0 Å². The van der Waals surface area contributed by atoms with Crippen LogP contribution in [0.2, 0.25) is 0 Å². The molecule has 41 heavy (non-hydrogen) atoms. The number of aliphatic hydroxyl groups excluding tert-OH is 1. The molecule has 10 heteroatoms.